The molecule has 1 aromatic carbocycles. The van der Waals surface area contributed by atoms with Crippen molar-refractivity contribution in [3.8, 4) is 0 Å². The molecule has 0 aliphatic rings. The Bertz CT molecular complexity index is 408. The van der Waals surface area contributed by atoms with Crippen LogP contribution >= 0.6 is 0 Å². The molecule has 0 aromatic heterocycles. The number of hydrogen-bond donors (Lipinski definition) is 0. The van der Waals surface area contributed by atoms with Gasteiger partial charge in [-0.25, -0.2) is 4.79 Å². The van der Waals surface area contributed by atoms with Crippen LogP contribution in [0.1, 0.15) is 12.5 Å². The lowest BCUT2D eigenvalue weighted by Gasteiger charge is -2.08. The summed E-state index contributed by atoms with van der Waals surface area (Å²) in [6.45, 7) is 1.56. The zero-order chi connectivity index (χ0) is 12.9. The minimum absolute atomic E-state index is 0.0286. The molecule has 0 saturated heterocycles. The van der Waals surface area contributed by atoms with Crippen molar-refractivity contribution in [2.75, 3.05) is 6.61 Å². The molecule has 1 aromatic rings. The van der Waals surface area contributed by atoms with Crippen molar-refractivity contribution in [1.82, 2.24) is 0 Å². The predicted octanol–water partition coefficient (Wildman–Crippen LogP) is 3.20. The molecule has 2 nitrogen and oxygen atoms in total. The number of rotatable bonds is 3. The second kappa shape index (κ2) is 5.52. The van der Waals surface area contributed by atoms with Crippen molar-refractivity contribution in [2.24, 2.45) is 0 Å². The van der Waals surface area contributed by atoms with Gasteiger partial charge in [-0.15, -0.1) is 0 Å². The molecule has 0 amide bonds. The summed E-state index contributed by atoms with van der Waals surface area (Å²) in [7, 11) is 0. The van der Waals surface area contributed by atoms with Crippen LogP contribution in [0.15, 0.2) is 36.4 Å². The van der Waals surface area contributed by atoms with Crippen LogP contribution in [0.4, 0.5) is 13.2 Å². The highest BCUT2D eigenvalue weighted by Gasteiger charge is 2.28. The summed E-state index contributed by atoms with van der Waals surface area (Å²) in [5.74, 6) is -0.976. The maximum Gasteiger partial charge on any atom is 0.410 e. The average Bonchev–Trinajstić information content (AvgIpc) is 2.26. The number of carbonyl (C=O) groups excluding carboxylic acids is 1. The first-order valence-corrected chi connectivity index (χ1v) is 4.96. The van der Waals surface area contributed by atoms with Gasteiger partial charge in [0, 0.05) is 6.08 Å². The number of esters is 1. The molecule has 92 valence electrons. The number of alkyl halides is 3. The van der Waals surface area contributed by atoms with Crippen molar-refractivity contribution >= 4 is 11.5 Å². The zero-order valence-corrected chi connectivity index (χ0v) is 9.12. The first-order valence-electron chi connectivity index (χ1n) is 4.96. The first kappa shape index (κ1) is 13.3. The van der Waals surface area contributed by atoms with E-state index in [-0.39, 0.29) is 18.2 Å². The average molecular weight is 244 g/mol. The fourth-order valence-corrected chi connectivity index (χ4v) is 1.25. The fourth-order valence-electron chi connectivity index (χ4n) is 1.25. The molecular weight excluding hydrogens is 233 g/mol. The van der Waals surface area contributed by atoms with Crippen LogP contribution in [-0.2, 0) is 9.53 Å². The first-order chi connectivity index (χ1) is 7.94. The van der Waals surface area contributed by atoms with Crippen molar-refractivity contribution in [2.45, 2.75) is 13.1 Å². The van der Waals surface area contributed by atoms with Crippen molar-refractivity contribution in [3.05, 3.63) is 42.0 Å². The van der Waals surface area contributed by atoms with Crippen LogP contribution in [0.3, 0.4) is 0 Å². The van der Waals surface area contributed by atoms with E-state index in [1.54, 1.807) is 18.2 Å². The summed E-state index contributed by atoms with van der Waals surface area (Å²) in [4.78, 5) is 11.4. The highest BCUT2D eigenvalue weighted by atomic mass is 19.4. The molecule has 0 aliphatic carbocycles. The van der Waals surface area contributed by atoms with Gasteiger partial charge in [-0.05, 0) is 12.5 Å². The van der Waals surface area contributed by atoms with Gasteiger partial charge < -0.3 is 4.74 Å². The van der Waals surface area contributed by atoms with Gasteiger partial charge in [-0.1, -0.05) is 30.3 Å². The Morgan fingerprint density at radius 2 is 1.88 bits per heavy atom. The molecule has 1 rings (SSSR count). The molecule has 0 unspecified atom stereocenters. The van der Waals surface area contributed by atoms with Crippen molar-refractivity contribution < 1.29 is 22.7 Å². The monoisotopic (exact) mass is 244 g/mol. The minimum Gasteiger partial charge on any atom is -0.462 e. The molecular formula is C12H11F3O2. The van der Waals surface area contributed by atoms with Gasteiger partial charge in [-0.2, -0.15) is 13.2 Å². The smallest absolute Gasteiger partial charge is 0.410 e. The molecule has 5 heteroatoms. The van der Waals surface area contributed by atoms with Gasteiger partial charge in [0.25, 0.3) is 0 Å². The second-order valence-corrected chi connectivity index (χ2v) is 3.19. The van der Waals surface area contributed by atoms with E-state index in [0.717, 1.165) is 0 Å². The van der Waals surface area contributed by atoms with Gasteiger partial charge in [-0.3, -0.25) is 0 Å². The summed E-state index contributed by atoms with van der Waals surface area (Å²) >= 11 is 0. The third-order valence-corrected chi connectivity index (χ3v) is 1.89. The molecule has 0 radical (unpaired) electrons. The SMILES string of the molecule is CCOC(=O)/C(=C/C(F)(F)F)c1ccccc1. The Hall–Kier alpha value is -1.78. The van der Waals surface area contributed by atoms with Crippen molar-refractivity contribution in [3.63, 3.8) is 0 Å². The van der Waals surface area contributed by atoms with E-state index in [2.05, 4.69) is 4.74 Å². The van der Waals surface area contributed by atoms with Crippen LogP contribution in [0.5, 0.6) is 0 Å². The highest BCUT2D eigenvalue weighted by molar-refractivity contribution is 6.16. The van der Waals surface area contributed by atoms with E-state index in [4.69, 9.17) is 0 Å². The number of ether oxygens (including phenoxy) is 1. The van der Waals surface area contributed by atoms with Crippen LogP contribution in [-0.4, -0.2) is 18.8 Å². The fraction of sp³-hybridized carbons (Fsp3) is 0.250. The Labute approximate surface area is 96.7 Å². The van der Waals surface area contributed by atoms with Crippen LogP contribution < -0.4 is 0 Å². The van der Waals surface area contributed by atoms with E-state index in [9.17, 15) is 18.0 Å². The molecule has 0 spiro atoms. The maximum atomic E-state index is 12.3. The normalized spacial score (nSPS) is 12.4. The third-order valence-electron chi connectivity index (χ3n) is 1.89. The largest absolute Gasteiger partial charge is 0.462 e. The lowest BCUT2D eigenvalue weighted by molar-refractivity contribution is -0.136. The second-order valence-electron chi connectivity index (χ2n) is 3.19. The molecule has 17 heavy (non-hydrogen) atoms. The predicted molar refractivity (Wildman–Crippen MR) is 57.1 cm³/mol. The van der Waals surface area contributed by atoms with E-state index in [1.165, 1.54) is 19.1 Å². The van der Waals surface area contributed by atoms with E-state index < -0.39 is 17.7 Å². The summed E-state index contributed by atoms with van der Waals surface area (Å²) < 4.78 is 41.5. The van der Waals surface area contributed by atoms with Crippen LogP contribution in [0, 0.1) is 0 Å². The summed E-state index contributed by atoms with van der Waals surface area (Å²) in [6.07, 6.45) is -4.60. The molecule has 0 bridgehead atoms. The zero-order valence-electron chi connectivity index (χ0n) is 9.12. The quantitative estimate of drug-likeness (QED) is 0.603. The van der Waals surface area contributed by atoms with Crippen molar-refractivity contribution in [1.29, 1.82) is 0 Å². The van der Waals surface area contributed by atoms with Gasteiger partial charge in [0.05, 0.1) is 12.2 Å². The lowest BCUT2D eigenvalue weighted by atomic mass is 10.1. The highest BCUT2D eigenvalue weighted by Crippen LogP contribution is 2.25. The lowest BCUT2D eigenvalue weighted by Crippen LogP contribution is -2.11. The molecule has 0 N–H and O–H groups in total. The molecule has 0 saturated carbocycles. The number of benzene rings is 1. The van der Waals surface area contributed by atoms with E-state index in [0.29, 0.717) is 0 Å². The van der Waals surface area contributed by atoms with E-state index >= 15 is 0 Å². The Balaban J connectivity index is 3.12. The van der Waals surface area contributed by atoms with Crippen LogP contribution in [0.25, 0.3) is 5.57 Å². The topological polar surface area (TPSA) is 26.3 Å². The van der Waals surface area contributed by atoms with Gasteiger partial charge in [0.2, 0.25) is 0 Å². The summed E-state index contributed by atoms with van der Waals surface area (Å²) in [6, 6.07) is 7.61. The molecule has 0 fully saturated rings. The summed E-state index contributed by atoms with van der Waals surface area (Å²) in [5.41, 5.74) is -0.303. The van der Waals surface area contributed by atoms with Gasteiger partial charge in [0.15, 0.2) is 0 Å². The Kier molecular flexibility index (Phi) is 4.31. The number of halogens is 3. The van der Waals surface area contributed by atoms with Crippen LogP contribution in [0.2, 0.25) is 0 Å². The number of carbonyl (C=O) groups is 1. The standard InChI is InChI=1S/C12H11F3O2/c1-2-17-11(16)10(8-12(13,14)15)9-6-4-3-5-7-9/h3-8H,2H2,1H3/b10-8+. The molecule has 0 heterocycles. The summed E-state index contributed by atoms with van der Waals surface area (Å²) in [5, 5.41) is 0. The maximum absolute atomic E-state index is 12.3. The molecule has 0 atom stereocenters. The minimum atomic E-state index is -4.56. The van der Waals surface area contributed by atoms with Gasteiger partial charge >= 0.3 is 12.1 Å². The number of allylic oxidation sites excluding steroid dienone is 1. The Morgan fingerprint density at radius 3 is 2.35 bits per heavy atom. The number of hydrogen-bond acceptors (Lipinski definition) is 2. The van der Waals surface area contributed by atoms with E-state index in [1.807, 2.05) is 0 Å². The molecule has 0 aliphatic heterocycles. The Morgan fingerprint density at radius 1 is 1.29 bits per heavy atom. The van der Waals surface area contributed by atoms with Gasteiger partial charge in [0.1, 0.15) is 0 Å². The third kappa shape index (κ3) is 4.30.